The minimum atomic E-state index is -0.582. The molecule has 3 N–H and O–H groups in total. The van der Waals surface area contributed by atoms with Gasteiger partial charge in [-0.3, -0.25) is 9.59 Å². The van der Waals surface area contributed by atoms with Crippen LogP contribution < -0.4 is 9.47 Å². The molecule has 0 aliphatic heterocycles. The number of aliphatic hydroxyl groups excluding tert-OH is 2. The van der Waals surface area contributed by atoms with Crippen LogP contribution >= 0.6 is 0 Å². The SMILES string of the molecule is COc1cc(/C=C/C(O)=C/C(=O)/C=C/c2ccc(O)cc2)ccc1O[C@H]1C=C(C)[C@@H](O)C[C@@H]1[C@@H](C)CC(=O)C=C(C)C. The Morgan fingerprint density at radius 2 is 1.67 bits per heavy atom. The van der Waals surface area contributed by atoms with Gasteiger partial charge >= 0.3 is 0 Å². The highest BCUT2D eigenvalue weighted by Crippen LogP contribution is 2.37. The Morgan fingerprint density at radius 3 is 2.33 bits per heavy atom. The maximum atomic E-state index is 12.5. The fourth-order valence-corrected chi connectivity index (χ4v) is 4.82. The van der Waals surface area contributed by atoms with E-state index in [0.717, 1.165) is 22.8 Å². The Labute approximate surface area is 247 Å². The number of rotatable bonds is 12. The van der Waals surface area contributed by atoms with Gasteiger partial charge < -0.3 is 24.8 Å². The summed E-state index contributed by atoms with van der Waals surface area (Å²) in [4.78, 5) is 24.6. The van der Waals surface area contributed by atoms with Gasteiger partial charge in [-0.2, -0.15) is 0 Å². The highest BCUT2D eigenvalue weighted by Gasteiger charge is 2.35. The number of allylic oxidation sites excluding steroid dienone is 5. The van der Waals surface area contributed by atoms with Crippen LogP contribution in [-0.2, 0) is 9.59 Å². The van der Waals surface area contributed by atoms with E-state index in [-0.39, 0.29) is 41.0 Å². The number of methoxy groups -OCH3 is 1. The number of aromatic hydroxyl groups is 1. The fraction of sp³-hybridized carbons (Fsp3) is 0.314. The second-order valence-electron chi connectivity index (χ2n) is 10.9. The summed E-state index contributed by atoms with van der Waals surface area (Å²) in [7, 11) is 1.54. The monoisotopic (exact) mass is 572 g/mol. The van der Waals surface area contributed by atoms with Gasteiger partial charge in [0.1, 0.15) is 17.6 Å². The van der Waals surface area contributed by atoms with Crippen LogP contribution in [0.25, 0.3) is 12.2 Å². The van der Waals surface area contributed by atoms with Crippen LogP contribution in [0.3, 0.4) is 0 Å². The highest BCUT2D eigenvalue weighted by molar-refractivity contribution is 6.02. The van der Waals surface area contributed by atoms with E-state index < -0.39 is 6.10 Å². The number of ketones is 2. The molecule has 0 fully saturated rings. The number of carbonyl (C=O) groups is 2. The molecule has 7 nitrogen and oxygen atoms in total. The molecule has 222 valence electrons. The molecule has 0 bridgehead atoms. The normalized spacial score (nSPS) is 19.8. The topological polar surface area (TPSA) is 113 Å². The van der Waals surface area contributed by atoms with Crippen molar-refractivity contribution < 1.29 is 34.4 Å². The van der Waals surface area contributed by atoms with Gasteiger partial charge in [-0.25, -0.2) is 0 Å². The molecule has 2 aromatic carbocycles. The van der Waals surface area contributed by atoms with Crippen LogP contribution in [-0.4, -0.2) is 46.2 Å². The van der Waals surface area contributed by atoms with Crippen molar-refractivity contribution in [2.24, 2.45) is 11.8 Å². The number of phenols is 1. The van der Waals surface area contributed by atoms with Crippen molar-refractivity contribution in [3.8, 4) is 17.2 Å². The highest BCUT2D eigenvalue weighted by atomic mass is 16.5. The third-order valence-electron chi connectivity index (χ3n) is 7.09. The summed E-state index contributed by atoms with van der Waals surface area (Å²) in [6, 6.07) is 11.7. The Hall–Kier alpha value is -4.36. The third kappa shape index (κ3) is 9.63. The van der Waals surface area contributed by atoms with E-state index in [1.807, 2.05) is 33.8 Å². The lowest BCUT2D eigenvalue weighted by Gasteiger charge is -2.36. The van der Waals surface area contributed by atoms with Crippen LogP contribution in [0, 0.1) is 11.8 Å². The first kappa shape index (κ1) is 32.2. The summed E-state index contributed by atoms with van der Waals surface area (Å²) in [6.07, 6.45) is 10.6. The lowest BCUT2D eigenvalue weighted by Crippen LogP contribution is -2.38. The van der Waals surface area contributed by atoms with E-state index in [0.29, 0.717) is 29.9 Å². The lowest BCUT2D eigenvalue weighted by atomic mass is 9.76. The smallest absolute Gasteiger partial charge is 0.182 e. The van der Waals surface area contributed by atoms with Crippen molar-refractivity contribution in [2.75, 3.05) is 7.11 Å². The Kier molecular flexibility index (Phi) is 11.5. The molecule has 1 aliphatic rings. The van der Waals surface area contributed by atoms with Gasteiger partial charge in [0.05, 0.1) is 13.2 Å². The summed E-state index contributed by atoms with van der Waals surface area (Å²) in [6.45, 7) is 7.67. The first-order valence-corrected chi connectivity index (χ1v) is 13.9. The predicted molar refractivity (Wildman–Crippen MR) is 165 cm³/mol. The Balaban J connectivity index is 1.72. The summed E-state index contributed by atoms with van der Waals surface area (Å²) in [5.41, 5.74) is 3.24. The zero-order valence-electron chi connectivity index (χ0n) is 24.8. The second kappa shape index (κ2) is 15.0. The minimum absolute atomic E-state index is 0.0151. The van der Waals surface area contributed by atoms with E-state index in [1.165, 1.54) is 31.4 Å². The predicted octanol–water partition coefficient (Wildman–Crippen LogP) is 6.77. The van der Waals surface area contributed by atoms with Crippen molar-refractivity contribution in [2.45, 2.75) is 52.7 Å². The zero-order chi connectivity index (χ0) is 30.8. The summed E-state index contributed by atoms with van der Waals surface area (Å²) >= 11 is 0. The molecule has 0 unspecified atom stereocenters. The fourth-order valence-electron chi connectivity index (χ4n) is 4.82. The van der Waals surface area contributed by atoms with Crippen molar-refractivity contribution in [1.29, 1.82) is 0 Å². The number of phenolic OH excluding ortho intramolecular Hbond substituents is 1. The van der Waals surface area contributed by atoms with Crippen LogP contribution in [0.4, 0.5) is 0 Å². The number of benzene rings is 2. The van der Waals surface area contributed by atoms with Gasteiger partial charge in [-0.15, -0.1) is 0 Å². The first-order chi connectivity index (χ1) is 19.9. The van der Waals surface area contributed by atoms with Gasteiger partial charge in [0.15, 0.2) is 23.1 Å². The molecule has 0 spiro atoms. The maximum absolute atomic E-state index is 12.5. The van der Waals surface area contributed by atoms with E-state index in [1.54, 1.807) is 48.6 Å². The average molecular weight is 573 g/mol. The van der Waals surface area contributed by atoms with Gasteiger partial charge in [0.25, 0.3) is 0 Å². The molecule has 2 aromatic rings. The molecular weight excluding hydrogens is 532 g/mol. The summed E-state index contributed by atoms with van der Waals surface area (Å²) in [5, 5.41) is 30.1. The van der Waals surface area contributed by atoms with Crippen molar-refractivity contribution >= 4 is 23.7 Å². The van der Waals surface area contributed by atoms with E-state index in [9.17, 15) is 24.9 Å². The lowest BCUT2D eigenvalue weighted by molar-refractivity contribution is -0.116. The van der Waals surface area contributed by atoms with Gasteiger partial charge in [-0.1, -0.05) is 42.8 Å². The van der Waals surface area contributed by atoms with Crippen LogP contribution in [0.15, 0.2) is 89.8 Å². The maximum Gasteiger partial charge on any atom is 0.182 e. The molecule has 3 rings (SSSR count). The first-order valence-electron chi connectivity index (χ1n) is 13.9. The number of hydrogen-bond acceptors (Lipinski definition) is 7. The summed E-state index contributed by atoms with van der Waals surface area (Å²) < 4.78 is 12.0. The van der Waals surface area contributed by atoms with Crippen molar-refractivity contribution in [3.05, 3.63) is 101 Å². The number of aliphatic hydroxyl groups is 2. The van der Waals surface area contributed by atoms with Crippen LogP contribution in [0.1, 0.15) is 51.7 Å². The number of carbonyl (C=O) groups excluding carboxylic acids is 2. The molecule has 0 amide bonds. The molecule has 1 aliphatic carbocycles. The molecule has 4 atom stereocenters. The zero-order valence-corrected chi connectivity index (χ0v) is 24.8. The molecule has 0 saturated carbocycles. The molecule has 0 aromatic heterocycles. The van der Waals surface area contributed by atoms with Gasteiger partial charge in [0.2, 0.25) is 0 Å². The largest absolute Gasteiger partial charge is 0.508 e. The average Bonchev–Trinajstić information content (AvgIpc) is 2.93. The molecule has 0 radical (unpaired) electrons. The quantitative estimate of drug-likeness (QED) is 0.111. The van der Waals surface area contributed by atoms with Gasteiger partial charge in [-0.05, 0) is 98.4 Å². The molecule has 7 heteroatoms. The van der Waals surface area contributed by atoms with Crippen molar-refractivity contribution in [1.82, 2.24) is 0 Å². The molecular formula is C35H40O7. The minimum Gasteiger partial charge on any atom is -0.508 e. The molecule has 0 heterocycles. The number of hydrogen-bond donors (Lipinski definition) is 3. The van der Waals surface area contributed by atoms with Gasteiger partial charge in [0, 0.05) is 18.4 Å². The van der Waals surface area contributed by atoms with Crippen LogP contribution in [0.5, 0.6) is 17.2 Å². The second-order valence-corrected chi connectivity index (χ2v) is 10.9. The summed E-state index contributed by atoms with van der Waals surface area (Å²) in [5.74, 6) is 0.502. The Morgan fingerprint density at radius 1 is 1.00 bits per heavy atom. The molecule has 42 heavy (non-hydrogen) atoms. The number of ether oxygens (including phenoxy) is 2. The van der Waals surface area contributed by atoms with E-state index >= 15 is 0 Å². The van der Waals surface area contributed by atoms with E-state index in [2.05, 4.69) is 0 Å². The third-order valence-corrected chi connectivity index (χ3v) is 7.09. The van der Waals surface area contributed by atoms with E-state index in [4.69, 9.17) is 9.47 Å². The van der Waals surface area contributed by atoms with Crippen molar-refractivity contribution in [3.63, 3.8) is 0 Å². The van der Waals surface area contributed by atoms with Crippen LogP contribution in [0.2, 0.25) is 0 Å². The molecule has 0 saturated heterocycles. The standard InChI is InChI=1S/C35H40O7/c1-22(2)16-30(39)17-23(3)31-21-32(40)24(4)18-34(31)42-33-15-10-26(19-35(33)41-5)9-14-29(38)20-28(37)13-8-25-6-11-27(36)12-7-25/h6-16,18-20,23,31-32,34,36,38,40H,17,21H2,1-5H3/b13-8+,14-9+,29-20-/t23-,31+,32-,34-/m0/s1. The Bertz CT molecular complexity index is 1410.